The average molecular weight is 1820 g/mol. The van der Waals surface area contributed by atoms with Crippen molar-refractivity contribution in [3.63, 3.8) is 0 Å². The molecule has 0 aromatic rings. The van der Waals surface area contributed by atoms with E-state index in [1.54, 1.807) is 145 Å². The van der Waals surface area contributed by atoms with Crippen LogP contribution in [0, 0.1) is 35.5 Å². The number of aliphatic carboxylic acids is 1. The molecule has 0 saturated carbocycles. The standard InChI is InChI=1S/C47H73NO17.C47H75NO15/c1-27-17-15-13-11-9-7-5-6-8-10-12-14-16-18-34(64-46-44(58)41(48)43(57)30(4)63-46)24-38-40(45(59)60)37(54)26-47(61,65-38)25-36(53)35(52)20-19-31(49)21-32(50)22-33(51)23-39(55)62-29(3)28(2)42(27)56;1-28-18-16-14-12-10-8-6-7-9-11-13-15-17-19-36(62-46-45(58)42(48)44(57)32(5)61-46)25-40-30(3)38(53)26-47(59,63-40)27-39(54)37(52)21-20-33(49)22-34(50)23-35(51)24-41(55)60-31(4)29(2)43(28)56/h5-18,27-38,40-44,46,49-54,56-58,61H,19-26,48H2,1-4H3,(H,59,60);6-19,28-40,42-46,49-54,56-59H,20-27,48H2,1-5H3/b6-5+,9-7+,10-8+,13-11+,14-12+,17-15+,18-16+;7-6+,10-8+,11-9+,14-12+,15-13+,18-16+,19-17+/t27-,28-,29-,30?,31+,32+,33+,34-,35+,36+,37-,38-,40+,41?,42+,43+,44+,46-,47+;28-,29-,30+,31-,32?,33+,34+,35+,36-,37+,38-,39+,40-,42?,43+,44+,45+,46-,47-/m00/s1. The summed E-state index contributed by atoms with van der Waals surface area (Å²) in [7, 11) is 0. The Kier molecular flexibility index (Phi) is 49.6. The number of rotatable bonds is 5. The fraction of sp³-hybridized carbons (Fsp3) is 0.670. The Hall–Kier alpha value is -6.35. The number of esters is 2. The molecule has 0 aromatic carbocycles. The molecule has 34 heteroatoms. The number of carboxylic acids is 1. The molecule has 4 saturated heterocycles. The van der Waals surface area contributed by atoms with Gasteiger partial charge in [-0.05, 0) is 79.1 Å². The predicted molar refractivity (Wildman–Crippen MR) is 472 cm³/mol. The summed E-state index contributed by atoms with van der Waals surface area (Å²) in [6, 6.07) is -2.20. The first-order chi connectivity index (χ1) is 60.3. The van der Waals surface area contributed by atoms with E-state index in [1.165, 1.54) is 13.0 Å². The van der Waals surface area contributed by atoms with Gasteiger partial charge in [-0.25, -0.2) is 0 Å². The summed E-state index contributed by atoms with van der Waals surface area (Å²) >= 11 is 0. The molecule has 726 valence electrons. The summed E-state index contributed by atoms with van der Waals surface area (Å²) in [6.45, 7) is 15.3. The van der Waals surface area contributed by atoms with Crippen molar-refractivity contribution in [1.29, 1.82) is 0 Å². The van der Waals surface area contributed by atoms with Gasteiger partial charge in [-0.2, -0.15) is 0 Å². The van der Waals surface area contributed by atoms with Crippen molar-refractivity contribution in [3.8, 4) is 0 Å². The Morgan fingerprint density at radius 1 is 0.336 bits per heavy atom. The van der Waals surface area contributed by atoms with E-state index in [0.29, 0.717) is 0 Å². The lowest BCUT2D eigenvalue weighted by Crippen LogP contribution is -2.61. The van der Waals surface area contributed by atoms with Crippen molar-refractivity contribution in [2.24, 2.45) is 47.0 Å². The molecule has 38 atom stereocenters. The van der Waals surface area contributed by atoms with Crippen LogP contribution in [-0.4, -0.2) is 320 Å². The van der Waals surface area contributed by atoms with Gasteiger partial charge in [-0.15, -0.1) is 0 Å². The van der Waals surface area contributed by atoms with Crippen LogP contribution in [0.1, 0.15) is 165 Å². The van der Waals surface area contributed by atoms with Crippen LogP contribution >= 0.6 is 0 Å². The summed E-state index contributed by atoms with van der Waals surface area (Å²) in [6.07, 6.45) is 11.6. The van der Waals surface area contributed by atoms with E-state index in [2.05, 4.69) is 0 Å². The largest absolute Gasteiger partial charge is 0.481 e. The maximum atomic E-state index is 12.6. The highest BCUT2D eigenvalue weighted by Crippen LogP contribution is 2.41. The van der Waals surface area contributed by atoms with Gasteiger partial charge in [0.15, 0.2) is 24.2 Å². The van der Waals surface area contributed by atoms with Crippen LogP contribution in [0.2, 0.25) is 0 Å². The molecule has 128 heavy (non-hydrogen) atoms. The fourth-order valence-corrected chi connectivity index (χ4v) is 15.7. The van der Waals surface area contributed by atoms with Gasteiger partial charge in [0.1, 0.15) is 30.3 Å². The second-order valence-corrected chi connectivity index (χ2v) is 35.1. The van der Waals surface area contributed by atoms with Gasteiger partial charge in [0.05, 0.1) is 159 Å². The minimum absolute atomic E-state index is 0.0428. The first-order valence-electron chi connectivity index (χ1n) is 44.5. The van der Waals surface area contributed by atoms with Gasteiger partial charge < -0.3 is 157 Å². The van der Waals surface area contributed by atoms with E-state index in [0.717, 1.165) is 0 Å². The van der Waals surface area contributed by atoms with Crippen LogP contribution in [0.5, 0.6) is 0 Å². The number of aliphatic hydroxyl groups is 20. The molecule has 0 radical (unpaired) electrons. The Morgan fingerprint density at radius 3 is 0.977 bits per heavy atom. The summed E-state index contributed by atoms with van der Waals surface area (Å²) in [5.74, 6) is -10.9. The molecule has 0 aliphatic carbocycles. The monoisotopic (exact) mass is 1820 g/mol. The molecular formula is C94H148N2O32. The third kappa shape index (κ3) is 39.1. The fourth-order valence-electron chi connectivity index (χ4n) is 15.7. The molecule has 34 nitrogen and oxygen atoms in total. The number of nitrogens with two attached hydrogens (primary N) is 2. The Balaban J connectivity index is 0.000000454. The van der Waals surface area contributed by atoms with Crippen molar-refractivity contribution in [2.45, 2.75) is 360 Å². The van der Waals surface area contributed by atoms with Gasteiger partial charge >= 0.3 is 17.9 Å². The summed E-state index contributed by atoms with van der Waals surface area (Å²) in [5.41, 5.74) is 12.1. The number of hydrogen-bond donors (Lipinski definition) is 23. The number of carbonyl (C=O) groups excluding carboxylic acids is 2. The molecule has 0 amide bonds. The maximum Gasteiger partial charge on any atom is 0.311 e. The summed E-state index contributed by atoms with van der Waals surface area (Å²) < 4.78 is 46.7. The highest BCUT2D eigenvalue weighted by atomic mass is 16.7. The van der Waals surface area contributed by atoms with Crippen molar-refractivity contribution < 1.29 is 160 Å². The zero-order valence-corrected chi connectivity index (χ0v) is 74.8. The van der Waals surface area contributed by atoms with Crippen molar-refractivity contribution >= 4 is 17.9 Å². The molecule has 0 aromatic heterocycles. The summed E-state index contributed by atoms with van der Waals surface area (Å²) in [4.78, 5) is 37.7. The molecule has 4 unspecified atom stereocenters. The maximum absolute atomic E-state index is 12.6. The van der Waals surface area contributed by atoms with E-state index in [-0.39, 0.29) is 82.5 Å². The average Bonchev–Trinajstić information content (AvgIpc) is 0.798. The number of aliphatic hydroxyl groups excluding tert-OH is 18. The van der Waals surface area contributed by atoms with Crippen LogP contribution in [0.3, 0.4) is 0 Å². The lowest BCUT2D eigenvalue weighted by Gasteiger charge is -2.46. The minimum atomic E-state index is -2.36. The summed E-state index contributed by atoms with van der Waals surface area (Å²) in [5, 5.41) is 226. The number of fused-ring (bicyclic) bond motifs is 4. The predicted octanol–water partition coefficient (Wildman–Crippen LogP) is 2.36. The molecule has 6 rings (SSSR count). The van der Waals surface area contributed by atoms with Crippen LogP contribution in [-0.2, 0) is 52.3 Å². The van der Waals surface area contributed by atoms with Crippen LogP contribution in [0.15, 0.2) is 170 Å². The van der Waals surface area contributed by atoms with E-state index >= 15 is 0 Å². The van der Waals surface area contributed by atoms with E-state index in [4.69, 9.17) is 49.4 Å². The second-order valence-electron chi connectivity index (χ2n) is 35.1. The third-order valence-corrected chi connectivity index (χ3v) is 24.1. The molecule has 6 aliphatic rings. The lowest BCUT2D eigenvalue weighted by molar-refractivity contribution is -0.311. The zero-order valence-electron chi connectivity index (χ0n) is 74.8. The Bertz CT molecular complexity index is 3700. The topological polar surface area (TPSA) is 602 Å². The van der Waals surface area contributed by atoms with E-state index < -0.39 is 269 Å². The number of carboxylic acid groups (broad SMARTS) is 1. The van der Waals surface area contributed by atoms with Crippen LogP contribution < -0.4 is 11.5 Å². The molecule has 6 heterocycles. The molecule has 0 spiro atoms. The molecule has 4 bridgehead atoms. The number of carbonyl (C=O) groups is 3. The van der Waals surface area contributed by atoms with Gasteiger partial charge in [0, 0.05) is 68.1 Å². The molecule has 4 fully saturated rings. The number of cyclic esters (lactones) is 2. The normalized spacial score (nSPS) is 46.1. The van der Waals surface area contributed by atoms with Crippen molar-refractivity contribution in [3.05, 3.63) is 170 Å². The van der Waals surface area contributed by atoms with Gasteiger partial charge in [-0.1, -0.05) is 205 Å². The van der Waals surface area contributed by atoms with Gasteiger partial charge in [0.2, 0.25) is 0 Å². The Labute approximate surface area is 751 Å². The lowest BCUT2D eigenvalue weighted by atomic mass is 9.82. The quantitative estimate of drug-likeness (QED) is 0.176. The first kappa shape index (κ1) is 112. The second kappa shape index (κ2) is 56.6. The van der Waals surface area contributed by atoms with E-state index in [9.17, 15) is 122 Å². The number of allylic oxidation sites excluding steroid dienone is 24. The first-order valence-corrected chi connectivity index (χ1v) is 44.5. The molecule has 6 aliphatic heterocycles. The van der Waals surface area contributed by atoms with Crippen LogP contribution in [0.4, 0.5) is 0 Å². The highest BCUT2D eigenvalue weighted by Gasteiger charge is 2.53. The third-order valence-electron chi connectivity index (χ3n) is 24.1. The van der Waals surface area contributed by atoms with E-state index in [1.807, 2.05) is 74.6 Å². The number of hydrogen-bond acceptors (Lipinski definition) is 33. The van der Waals surface area contributed by atoms with Gasteiger partial charge in [-0.3, -0.25) is 14.4 Å². The minimum Gasteiger partial charge on any atom is -0.481 e. The Morgan fingerprint density at radius 2 is 0.633 bits per heavy atom. The zero-order chi connectivity index (χ0) is 95.3. The SMILES string of the molecule is CC1O[C@@H](O[C@H]2/C=C/C=C/C=C/C=C/C=C/C=C/C=C/[C@H](C)[C@@H](O)[C@@H](C)[C@H](C)OC(=O)C[C@H](O)C[C@H](O)C[C@H](O)CC[C@@H](O)[C@H](O)C[C@]3(O)C[C@H](O)[C@@H](C(=O)O)[C@H](C2)O3)[C@H](O)C(N)[C@@H]1O.CC1O[C@@H](O[C@H]2/C=C/C=C/C=C/C=C/C=C/C=C/C=C/[C@H](C)[C@@H](O)[C@@H](C)[C@H](C)OC(=O)C[C@H](O)C[C@H](O)C[C@H](O)CC[C@@H](O)[C@H](O)C[C@]3(O)C[C@H](O)[C@@H](C)[C@H](C2)O3)[C@H](O)C(N)[C@@H]1O. The smallest absolute Gasteiger partial charge is 0.311 e. The number of ether oxygens (including phenoxy) is 8. The highest BCUT2D eigenvalue weighted by molar-refractivity contribution is 5.72. The van der Waals surface area contributed by atoms with Crippen LogP contribution in [0.25, 0.3) is 0 Å². The molecular weight excluding hydrogens is 1670 g/mol. The van der Waals surface area contributed by atoms with Gasteiger partial charge in [0.25, 0.3) is 0 Å². The molecule has 25 N–H and O–H groups in total. The van der Waals surface area contributed by atoms with Crippen molar-refractivity contribution in [2.75, 3.05) is 0 Å². The van der Waals surface area contributed by atoms with Crippen molar-refractivity contribution in [1.82, 2.24) is 0 Å².